The Kier molecular flexibility index (Phi) is 3.89. The quantitative estimate of drug-likeness (QED) is 0.864. The van der Waals surface area contributed by atoms with Gasteiger partial charge in [-0.3, -0.25) is 4.79 Å². The molecule has 0 amide bonds. The minimum Gasteiger partial charge on any atom is -0.379 e. The van der Waals surface area contributed by atoms with Gasteiger partial charge in [0.1, 0.15) is 0 Å². The molecule has 0 unspecified atom stereocenters. The molecular formula is C13H15N3O3S. The van der Waals surface area contributed by atoms with Crippen molar-refractivity contribution in [2.45, 2.75) is 18.2 Å². The number of nitrogens with one attached hydrogen (secondary N) is 1. The summed E-state index contributed by atoms with van der Waals surface area (Å²) in [6.07, 6.45) is 1.87. The number of aromatic amines is 1. The van der Waals surface area contributed by atoms with E-state index in [2.05, 4.69) is 9.97 Å². The molecular weight excluding hydrogens is 278 g/mol. The minimum absolute atomic E-state index is 0.0559. The molecule has 0 spiro atoms. The van der Waals surface area contributed by atoms with Crippen LogP contribution < -0.4 is 11.3 Å². The van der Waals surface area contributed by atoms with Crippen LogP contribution in [-0.4, -0.2) is 24.1 Å². The second-order valence-electron chi connectivity index (χ2n) is 4.33. The molecule has 1 heterocycles. The maximum absolute atomic E-state index is 11.8. The van der Waals surface area contributed by atoms with Crippen molar-refractivity contribution in [3.8, 4) is 0 Å². The topological polar surface area (TPSA) is 106 Å². The lowest BCUT2D eigenvalue weighted by atomic mass is 10.1. The monoisotopic (exact) mass is 293 g/mol. The van der Waals surface area contributed by atoms with Crippen molar-refractivity contribution in [2.24, 2.45) is 0 Å². The van der Waals surface area contributed by atoms with Gasteiger partial charge < -0.3 is 10.7 Å². The zero-order valence-electron chi connectivity index (χ0n) is 11.0. The number of rotatable bonds is 4. The Bertz CT molecular complexity index is 781. The number of hydrogen-bond acceptors (Lipinski definition) is 5. The highest BCUT2D eigenvalue weighted by Gasteiger charge is 2.12. The third-order valence-electron chi connectivity index (χ3n) is 2.89. The summed E-state index contributed by atoms with van der Waals surface area (Å²) in [7, 11) is -3.23. The summed E-state index contributed by atoms with van der Waals surface area (Å²) in [6, 6.07) is 6.67. The van der Waals surface area contributed by atoms with Crippen molar-refractivity contribution in [3.63, 3.8) is 0 Å². The van der Waals surface area contributed by atoms with Crippen molar-refractivity contribution >= 4 is 15.7 Å². The molecule has 0 fully saturated rings. The van der Waals surface area contributed by atoms with Gasteiger partial charge in [-0.1, -0.05) is 19.1 Å². The molecule has 0 bridgehead atoms. The molecule has 0 aliphatic rings. The van der Waals surface area contributed by atoms with E-state index in [1.807, 2.05) is 0 Å². The second kappa shape index (κ2) is 5.46. The van der Waals surface area contributed by atoms with Gasteiger partial charge in [-0.25, -0.2) is 13.4 Å². The van der Waals surface area contributed by atoms with E-state index >= 15 is 0 Å². The normalized spacial score (nSPS) is 11.4. The number of anilines is 1. The molecule has 106 valence electrons. The van der Waals surface area contributed by atoms with Crippen molar-refractivity contribution in [1.29, 1.82) is 0 Å². The van der Waals surface area contributed by atoms with Crippen LogP contribution in [0.4, 0.5) is 5.82 Å². The minimum atomic E-state index is -3.23. The molecule has 0 atom stereocenters. The predicted molar refractivity (Wildman–Crippen MR) is 76.2 cm³/mol. The van der Waals surface area contributed by atoms with Gasteiger partial charge >= 0.3 is 0 Å². The Balaban J connectivity index is 2.33. The van der Waals surface area contributed by atoms with Crippen LogP contribution in [0.1, 0.15) is 18.2 Å². The summed E-state index contributed by atoms with van der Waals surface area (Å²) in [6.45, 7) is 1.60. The molecule has 3 N–H and O–H groups in total. The summed E-state index contributed by atoms with van der Waals surface area (Å²) in [5.41, 5.74) is 6.38. The first kappa shape index (κ1) is 14.3. The fraction of sp³-hybridized carbons (Fsp3) is 0.231. The lowest BCUT2D eigenvalue weighted by Crippen LogP contribution is -2.15. The number of nitrogen functional groups attached to an aromatic ring is 1. The Labute approximate surface area is 116 Å². The molecule has 0 saturated carbocycles. The van der Waals surface area contributed by atoms with Gasteiger partial charge in [0.05, 0.1) is 16.3 Å². The SMILES string of the molecule is CCS(=O)(=O)c1cccc(Cc2c[nH]c(=O)c(N)n2)c1. The molecule has 20 heavy (non-hydrogen) atoms. The number of hydrogen-bond donors (Lipinski definition) is 2. The van der Waals surface area contributed by atoms with E-state index in [9.17, 15) is 13.2 Å². The van der Waals surface area contributed by atoms with Crippen molar-refractivity contribution in [2.75, 3.05) is 11.5 Å². The first-order valence-electron chi connectivity index (χ1n) is 6.08. The van der Waals surface area contributed by atoms with E-state index in [0.717, 1.165) is 5.56 Å². The van der Waals surface area contributed by atoms with Gasteiger partial charge in [-0.2, -0.15) is 0 Å². The van der Waals surface area contributed by atoms with E-state index in [1.54, 1.807) is 31.2 Å². The molecule has 0 radical (unpaired) electrons. The van der Waals surface area contributed by atoms with Gasteiger partial charge in [0.15, 0.2) is 15.7 Å². The van der Waals surface area contributed by atoms with Crippen molar-refractivity contribution < 1.29 is 8.42 Å². The molecule has 0 aliphatic carbocycles. The number of nitrogens with zero attached hydrogens (tertiary/aromatic N) is 1. The van der Waals surface area contributed by atoms with Crippen LogP contribution in [-0.2, 0) is 16.3 Å². The summed E-state index contributed by atoms with van der Waals surface area (Å²) >= 11 is 0. The predicted octanol–water partition coefficient (Wildman–Crippen LogP) is 0.736. The molecule has 0 saturated heterocycles. The second-order valence-corrected chi connectivity index (χ2v) is 6.61. The van der Waals surface area contributed by atoms with Gasteiger partial charge in [0.2, 0.25) is 0 Å². The highest BCUT2D eigenvalue weighted by atomic mass is 32.2. The highest BCUT2D eigenvalue weighted by molar-refractivity contribution is 7.91. The molecule has 2 aromatic rings. The Morgan fingerprint density at radius 3 is 2.75 bits per heavy atom. The lowest BCUT2D eigenvalue weighted by Gasteiger charge is -2.05. The van der Waals surface area contributed by atoms with Crippen LogP contribution in [0, 0.1) is 0 Å². The zero-order chi connectivity index (χ0) is 14.8. The number of H-pyrrole nitrogens is 1. The van der Waals surface area contributed by atoms with Crippen molar-refractivity contribution in [3.05, 3.63) is 52.1 Å². The third kappa shape index (κ3) is 3.05. The first-order valence-corrected chi connectivity index (χ1v) is 7.73. The van der Waals surface area contributed by atoms with Crippen LogP contribution in [0.15, 0.2) is 40.2 Å². The smallest absolute Gasteiger partial charge is 0.290 e. The van der Waals surface area contributed by atoms with E-state index in [4.69, 9.17) is 5.73 Å². The van der Waals surface area contributed by atoms with E-state index < -0.39 is 15.4 Å². The van der Waals surface area contributed by atoms with E-state index in [0.29, 0.717) is 12.1 Å². The van der Waals surface area contributed by atoms with Crippen LogP contribution in [0.2, 0.25) is 0 Å². The number of sulfone groups is 1. The average Bonchev–Trinajstić information content (AvgIpc) is 2.43. The Morgan fingerprint density at radius 2 is 2.10 bits per heavy atom. The molecule has 0 aliphatic heterocycles. The zero-order valence-corrected chi connectivity index (χ0v) is 11.8. The molecule has 7 heteroatoms. The summed E-state index contributed by atoms with van der Waals surface area (Å²) in [5, 5.41) is 0. The lowest BCUT2D eigenvalue weighted by molar-refractivity contribution is 0.597. The summed E-state index contributed by atoms with van der Waals surface area (Å²) in [4.78, 5) is 17.9. The van der Waals surface area contributed by atoms with E-state index in [-0.39, 0.29) is 16.5 Å². The van der Waals surface area contributed by atoms with Crippen LogP contribution in [0.3, 0.4) is 0 Å². The van der Waals surface area contributed by atoms with Gasteiger partial charge in [-0.15, -0.1) is 0 Å². The van der Waals surface area contributed by atoms with Gasteiger partial charge in [0, 0.05) is 12.6 Å². The number of benzene rings is 1. The summed E-state index contributed by atoms with van der Waals surface area (Å²) < 4.78 is 23.6. The molecule has 6 nitrogen and oxygen atoms in total. The maximum atomic E-state index is 11.8. The van der Waals surface area contributed by atoms with Crippen LogP contribution in [0.25, 0.3) is 0 Å². The van der Waals surface area contributed by atoms with Crippen molar-refractivity contribution in [1.82, 2.24) is 9.97 Å². The average molecular weight is 293 g/mol. The van der Waals surface area contributed by atoms with Crippen LogP contribution in [0.5, 0.6) is 0 Å². The Morgan fingerprint density at radius 1 is 1.35 bits per heavy atom. The third-order valence-corrected chi connectivity index (χ3v) is 4.62. The summed E-state index contributed by atoms with van der Waals surface area (Å²) in [5.74, 6) is -0.0415. The van der Waals surface area contributed by atoms with Gasteiger partial charge in [0.25, 0.3) is 5.56 Å². The highest BCUT2D eigenvalue weighted by Crippen LogP contribution is 2.15. The maximum Gasteiger partial charge on any atom is 0.290 e. The standard InChI is InChI=1S/C13H15N3O3S/c1-2-20(18,19)11-5-3-4-9(7-11)6-10-8-15-13(17)12(14)16-10/h3-5,7-8H,2,6H2,1H3,(H2,14,16)(H,15,17). The molecule has 1 aromatic heterocycles. The fourth-order valence-corrected chi connectivity index (χ4v) is 2.73. The number of aromatic nitrogens is 2. The largest absolute Gasteiger partial charge is 0.379 e. The fourth-order valence-electron chi connectivity index (χ4n) is 1.78. The first-order chi connectivity index (χ1) is 9.42. The Hall–Kier alpha value is -2.15. The van der Waals surface area contributed by atoms with Crippen LogP contribution >= 0.6 is 0 Å². The van der Waals surface area contributed by atoms with E-state index in [1.165, 1.54) is 6.20 Å². The molecule has 1 aromatic carbocycles. The number of nitrogens with two attached hydrogens (primary N) is 1. The van der Waals surface area contributed by atoms with Gasteiger partial charge in [-0.05, 0) is 17.7 Å². The molecule has 2 rings (SSSR count).